The van der Waals surface area contributed by atoms with Crippen molar-refractivity contribution in [2.24, 2.45) is 0 Å². The number of hydrogen-bond acceptors (Lipinski definition) is 2. The molecule has 0 saturated heterocycles. The number of rotatable bonds is 5. The van der Waals surface area contributed by atoms with E-state index in [4.69, 9.17) is 0 Å². The zero-order chi connectivity index (χ0) is 12.9. The topological polar surface area (TPSA) is 37.3 Å². The van der Waals surface area contributed by atoms with Gasteiger partial charge in [0.15, 0.2) is 0 Å². The maximum atomic E-state index is 12.1. The van der Waals surface area contributed by atoms with Crippen LogP contribution < -0.4 is 0 Å². The van der Waals surface area contributed by atoms with Gasteiger partial charge in [0.1, 0.15) is 0 Å². The van der Waals surface area contributed by atoms with Crippen LogP contribution in [-0.4, -0.2) is 14.9 Å². The molecule has 2 nitrogen and oxygen atoms in total. The van der Waals surface area contributed by atoms with E-state index < -0.39 is 16.4 Å². The Morgan fingerprint density at radius 3 is 2.35 bits per heavy atom. The fourth-order valence-corrected chi connectivity index (χ4v) is 3.84. The van der Waals surface area contributed by atoms with Crippen molar-refractivity contribution in [3.05, 3.63) is 39.3 Å². The van der Waals surface area contributed by atoms with Crippen LogP contribution >= 0.6 is 22.6 Å². The highest BCUT2D eigenvalue weighted by molar-refractivity contribution is 14.1. The first-order valence-electron chi connectivity index (χ1n) is 5.59. The maximum absolute atomic E-state index is 12.1. The molecule has 4 heteroatoms. The van der Waals surface area contributed by atoms with E-state index in [0.29, 0.717) is 12.8 Å². The lowest BCUT2D eigenvalue weighted by Gasteiger charge is -2.24. The largest absolute Gasteiger partial charge is 0.385 e. The Balaban J connectivity index is 2.93. The van der Waals surface area contributed by atoms with Crippen molar-refractivity contribution < 1.29 is 9.32 Å². The lowest BCUT2D eigenvalue weighted by molar-refractivity contribution is 0.0810. The van der Waals surface area contributed by atoms with Gasteiger partial charge >= 0.3 is 0 Å². The Morgan fingerprint density at radius 2 is 1.88 bits per heavy atom. The maximum Gasteiger partial charge on any atom is 0.0953 e. The highest BCUT2D eigenvalue weighted by Gasteiger charge is 2.26. The van der Waals surface area contributed by atoms with Gasteiger partial charge in [0.2, 0.25) is 0 Å². The van der Waals surface area contributed by atoms with Crippen LogP contribution in [-0.2, 0) is 10.8 Å². The van der Waals surface area contributed by atoms with Crippen LogP contribution in [0.5, 0.6) is 0 Å². The summed E-state index contributed by atoms with van der Waals surface area (Å²) in [4.78, 5) is 0.760. The molecule has 94 valence electrons. The summed E-state index contributed by atoms with van der Waals surface area (Å²) in [7, 11) is -1.19. The Hall–Kier alpha value is -0.200. The fourth-order valence-electron chi connectivity index (χ4n) is 1.41. The molecule has 0 fully saturated rings. The number of halogens is 1. The lowest BCUT2D eigenvalue weighted by atomic mass is 9.98. The SMILES string of the molecule is CCC(O)(CC)/C(I)=C\S(=O)c1ccccc1. The summed E-state index contributed by atoms with van der Waals surface area (Å²) in [6, 6.07) is 9.27. The van der Waals surface area contributed by atoms with E-state index >= 15 is 0 Å². The van der Waals surface area contributed by atoms with Crippen LogP contribution in [0.25, 0.3) is 0 Å². The minimum Gasteiger partial charge on any atom is -0.385 e. The average molecular weight is 364 g/mol. The lowest BCUT2D eigenvalue weighted by Crippen LogP contribution is -2.26. The first kappa shape index (κ1) is 14.9. The highest BCUT2D eigenvalue weighted by atomic mass is 127. The van der Waals surface area contributed by atoms with E-state index in [1.807, 2.05) is 44.2 Å². The van der Waals surface area contributed by atoms with E-state index in [1.54, 1.807) is 5.41 Å². The van der Waals surface area contributed by atoms with Gasteiger partial charge in [-0.1, -0.05) is 32.0 Å². The summed E-state index contributed by atoms with van der Waals surface area (Å²) < 4.78 is 12.8. The first-order valence-corrected chi connectivity index (χ1v) is 7.88. The van der Waals surface area contributed by atoms with Crippen LogP contribution in [0.4, 0.5) is 0 Å². The first-order chi connectivity index (χ1) is 8.03. The molecule has 0 aromatic heterocycles. The molecule has 1 N–H and O–H groups in total. The standard InChI is InChI=1S/C13H17IO2S/c1-3-13(15,4-2)12(14)10-17(16)11-8-6-5-7-9-11/h5-10,15H,3-4H2,1-2H3/b12-10+. The molecule has 0 amide bonds. The second kappa shape index (κ2) is 6.66. The van der Waals surface area contributed by atoms with Crippen LogP contribution in [0.1, 0.15) is 26.7 Å². The second-order valence-corrected chi connectivity index (χ2v) is 6.28. The van der Waals surface area contributed by atoms with Crippen molar-refractivity contribution in [3.8, 4) is 0 Å². The molecular weight excluding hydrogens is 347 g/mol. The van der Waals surface area contributed by atoms with Gasteiger partial charge in [-0.25, -0.2) is 4.21 Å². The molecule has 0 aliphatic carbocycles. The van der Waals surface area contributed by atoms with E-state index in [-0.39, 0.29) is 0 Å². The van der Waals surface area contributed by atoms with Gasteiger partial charge < -0.3 is 5.11 Å². The Bertz CT molecular complexity index is 411. The summed E-state index contributed by atoms with van der Waals surface area (Å²) in [5.74, 6) is 0. The third-order valence-electron chi connectivity index (χ3n) is 2.80. The van der Waals surface area contributed by atoms with Crippen LogP contribution in [0.15, 0.2) is 44.2 Å². The smallest absolute Gasteiger partial charge is 0.0953 e. The Labute approximate surface area is 119 Å². The van der Waals surface area contributed by atoms with Crippen molar-refractivity contribution in [1.29, 1.82) is 0 Å². The van der Waals surface area contributed by atoms with Gasteiger partial charge in [-0.2, -0.15) is 0 Å². The minimum absolute atomic E-state index is 0.629. The molecule has 1 rings (SSSR count). The highest BCUT2D eigenvalue weighted by Crippen LogP contribution is 2.30. The van der Waals surface area contributed by atoms with Gasteiger partial charge in [-0.3, -0.25) is 0 Å². The molecule has 1 aromatic carbocycles. The molecule has 0 spiro atoms. The van der Waals surface area contributed by atoms with Gasteiger partial charge in [-0.15, -0.1) is 0 Å². The number of benzene rings is 1. The molecule has 0 heterocycles. The summed E-state index contributed by atoms with van der Waals surface area (Å²) in [6.45, 7) is 3.86. The quantitative estimate of drug-likeness (QED) is 0.811. The zero-order valence-corrected chi connectivity index (χ0v) is 13.0. The van der Waals surface area contributed by atoms with Crippen molar-refractivity contribution in [2.75, 3.05) is 0 Å². The van der Waals surface area contributed by atoms with Gasteiger partial charge in [0.25, 0.3) is 0 Å². The van der Waals surface area contributed by atoms with Crippen molar-refractivity contribution in [2.45, 2.75) is 37.2 Å². The summed E-state index contributed by atoms with van der Waals surface area (Å²) in [5, 5.41) is 11.9. The van der Waals surface area contributed by atoms with Gasteiger partial charge in [0.05, 0.1) is 16.4 Å². The average Bonchev–Trinajstić information content (AvgIpc) is 2.38. The third-order valence-corrected chi connectivity index (χ3v) is 5.72. The molecule has 1 atom stereocenters. The van der Waals surface area contributed by atoms with Crippen molar-refractivity contribution in [3.63, 3.8) is 0 Å². The molecule has 1 unspecified atom stereocenters. The number of hydrogen-bond donors (Lipinski definition) is 1. The van der Waals surface area contributed by atoms with Crippen LogP contribution in [0, 0.1) is 0 Å². The Kier molecular flexibility index (Phi) is 5.82. The monoisotopic (exact) mass is 364 g/mol. The summed E-state index contributed by atoms with van der Waals surface area (Å²) in [5.41, 5.74) is -0.842. The van der Waals surface area contributed by atoms with Crippen LogP contribution in [0.3, 0.4) is 0 Å². The minimum atomic E-state index is -1.19. The van der Waals surface area contributed by atoms with E-state index in [1.165, 1.54) is 0 Å². The molecule has 1 aromatic rings. The molecular formula is C13H17IO2S. The van der Waals surface area contributed by atoms with E-state index in [9.17, 15) is 9.32 Å². The fraction of sp³-hybridized carbons (Fsp3) is 0.385. The molecule has 0 bridgehead atoms. The molecule has 0 aliphatic rings. The summed E-state index contributed by atoms with van der Waals surface area (Å²) in [6.07, 6.45) is 1.26. The van der Waals surface area contributed by atoms with Gasteiger partial charge in [0, 0.05) is 13.9 Å². The Morgan fingerprint density at radius 1 is 1.35 bits per heavy atom. The van der Waals surface area contributed by atoms with Crippen molar-refractivity contribution >= 4 is 33.4 Å². The number of aliphatic hydroxyl groups is 1. The van der Waals surface area contributed by atoms with Crippen LogP contribution in [0.2, 0.25) is 0 Å². The summed E-state index contributed by atoms with van der Waals surface area (Å²) >= 11 is 2.08. The molecule has 0 aliphatic heterocycles. The van der Waals surface area contributed by atoms with Gasteiger partial charge in [-0.05, 0) is 47.6 Å². The predicted molar refractivity (Wildman–Crippen MR) is 80.5 cm³/mol. The molecule has 0 saturated carbocycles. The predicted octanol–water partition coefficient (Wildman–Crippen LogP) is 3.62. The second-order valence-electron chi connectivity index (χ2n) is 3.81. The molecule has 0 radical (unpaired) electrons. The molecule has 17 heavy (non-hydrogen) atoms. The van der Waals surface area contributed by atoms with E-state index in [0.717, 1.165) is 8.48 Å². The third kappa shape index (κ3) is 3.89. The normalized spacial score (nSPS) is 14.7. The van der Waals surface area contributed by atoms with E-state index in [2.05, 4.69) is 22.6 Å². The zero-order valence-electron chi connectivity index (χ0n) is 10.0. The van der Waals surface area contributed by atoms with Crippen molar-refractivity contribution in [1.82, 2.24) is 0 Å².